The molecule has 3 unspecified atom stereocenters. The largest absolute Gasteiger partial charge is 0.349 e. The highest BCUT2D eigenvalue weighted by atomic mass is 35.5. The van der Waals surface area contributed by atoms with Crippen molar-refractivity contribution in [2.75, 3.05) is 0 Å². The summed E-state index contributed by atoms with van der Waals surface area (Å²) in [5.41, 5.74) is 8.55. The van der Waals surface area contributed by atoms with Gasteiger partial charge in [0, 0.05) is 12.0 Å². The maximum absolute atomic E-state index is 12.2. The first-order valence-electron chi connectivity index (χ1n) is 6.88. The van der Waals surface area contributed by atoms with Gasteiger partial charge in [-0.25, -0.2) is 0 Å². The van der Waals surface area contributed by atoms with Crippen LogP contribution in [0, 0.1) is 5.92 Å². The summed E-state index contributed by atoms with van der Waals surface area (Å²) in [5.74, 6) is 0.331. The molecule has 104 valence electrons. The van der Waals surface area contributed by atoms with Crippen LogP contribution in [0.25, 0.3) is 0 Å². The number of carbonyl (C=O) groups excluding carboxylic acids is 1. The molecular formula is C15H21ClN2O. The van der Waals surface area contributed by atoms with Crippen LogP contribution in [-0.2, 0) is 11.2 Å². The number of halogens is 1. The predicted molar refractivity (Wildman–Crippen MR) is 78.2 cm³/mol. The van der Waals surface area contributed by atoms with Gasteiger partial charge in [0.05, 0.1) is 6.04 Å². The molecule has 3 N–H and O–H groups in total. The molecule has 3 atom stereocenters. The van der Waals surface area contributed by atoms with Crippen LogP contribution >= 0.6 is 12.4 Å². The van der Waals surface area contributed by atoms with E-state index in [2.05, 4.69) is 29.6 Å². The molecular weight excluding hydrogens is 260 g/mol. The van der Waals surface area contributed by atoms with E-state index in [0.717, 1.165) is 32.1 Å². The lowest BCUT2D eigenvalue weighted by molar-refractivity contribution is -0.125. The minimum Gasteiger partial charge on any atom is -0.349 e. The van der Waals surface area contributed by atoms with Crippen molar-refractivity contribution in [1.82, 2.24) is 5.32 Å². The Bertz CT molecular complexity index is 463. The van der Waals surface area contributed by atoms with Gasteiger partial charge in [0.15, 0.2) is 0 Å². The van der Waals surface area contributed by atoms with E-state index < -0.39 is 0 Å². The van der Waals surface area contributed by atoms with Crippen LogP contribution in [-0.4, -0.2) is 11.9 Å². The van der Waals surface area contributed by atoms with Gasteiger partial charge in [0.1, 0.15) is 0 Å². The third-order valence-electron chi connectivity index (χ3n) is 4.29. The number of aryl methyl sites for hydroxylation is 1. The van der Waals surface area contributed by atoms with Gasteiger partial charge < -0.3 is 11.1 Å². The number of rotatable bonds is 2. The number of nitrogens with one attached hydrogen (secondary N) is 1. The molecule has 0 aliphatic heterocycles. The second-order valence-corrected chi connectivity index (χ2v) is 5.57. The number of fused-ring (bicyclic) bond motifs is 1. The zero-order chi connectivity index (χ0) is 12.5. The van der Waals surface area contributed by atoms with Gasteiger partial charge in [0.2, 0.25) is 5.91 Å². The summed E-state index contributed by atoms with van der Waals surface area (Å²) in [4.78, 5) is 12.2. The number of carbonyl (C=O) groups is 1. The maximum Gasteiger partial charge on any atom is 0.223 e. The van der Waals surface area contributed by atoms with E-state index in [9.17, 15) is 4.79 Å². The molecule has 2 aliphatic carbocycles. The van der Waals surface area contributed by atoms with Crippen LogP contribution in [0.3, 0.4) is 0 Å². The molecule has 1 saturated carbocycles. The summed E-state index contributed by atoms with van der Waals surface area (Å²) in [6, 6.07) is 8.84. The van der Waals surface area contributed by atoms with Gasteiger partial charge in [0.25, 0.3) is 0 Å². The standard InChI is InChI=1S/C15H20N2O.ClH/c16-12-7-5-11(9-12)15(18)17-14-8-6-10-3-1-2-4-13(10)14;/h1-4,11-12,14H,5-9,16H2,(H,17,18);1H. The first kappa shape index (κ1) is 14.4. The molecule has 1 amide bonds. The third kappa shape index (κ3) is 2.93. The molecule has 1 aromatic rings. The Kier molecular flexibility index (Phi) is 4.48. The van der Waals surface area contributed by atoms with Crippen LogP contribution in [0.4, 0.5) is 0 Å². The van der Waals surface area contributed by atoms with Crippen LogP contribution < -0.4 is 11.1 Å². The topological polar surface area (TPSA) is 55.1 Å². The fourth-order valence-electron chi connectivity index (χ4n) is 3.25. The van der Waals surface area contributed by atoms with Crippen molar-refractivity contribution >= 4 is 18.3 Å². The van der Waals surface area contributed by atoms with Crippen molar-refractivity contribution in [2.45, 2.75) is 44.2 Å². The van der Waals surface area contributed by atoms with Crippen molar-refractivity contribution in [3.8, 4) is 0 Å². The minimum absolute atomic E-state index is 0. The molecule has 0 heterocycles. The summed E-state index contributed by atoms with van der Waals surface area (Å²) in [6.45, 7) is 0. The normalized spacial score (nSPS) is 28.6. The average molecular weight is 281 g/mol. The molecule has 0 saturated heterocycles. The molecule has 4 heteroatoms. The number of amides is 1. The summed E-state index contributed by atoms with van der Waals surface area (Å²) in [7, 11) is 0. The molecule has 0 radical (unpaired) electrons. The van der Waals surface area contributed by atoms with Crippen molar-refractivity contribution in [2.24, 2.45) is 11.7 Å². The maximum atomic E-state index is 12.2. The zero-order valence-electron chi connectivity index (χ0n) is 11.0. The highest BCUT2D eigenvalue weighted by Crippen LogP contribution is 2.32. The Balaban J connectivity index is 0.00000133. The molecule has 0 spiro atoms. The number of hydrogen-bond donors (Lipinski definition) is 2. The number of hydrogen-bond acceptors (Lipinski definition) is 2. The van der Waals surface area contributed by atoms with E-state index in [1.807, 2.05) is 0 Å². The lowest BCUT2D eigenvalue weighted by Gasteiger charge is -2.17. The van der Waals surface area contributed by atoms with Gasteiger partial charge in [-0.3, -0.25) is 4.79 Å². The Morgan fingerprint density at radius 3 is 2.74 bits per heavy atom. The Labute approximate surface area is 120 Å². The summed E-state index contributed by atoms with van der Waals surface area (Å²) < 4.78 is 0. The zero-order valence-corrected chi connectivity index (χ0v) is 11.8. The Morgan fingerprint density at radius 2 is 2.00 bits per heavy atom. The first-order chi connectivity index (χ1) is 8.74. The van der Waals surface area contributed by atoms with Crippen LogP contribution in [0.1, 0.15) is 42.9 Å². The molecule has 3 rings (SSSR count). The Hall–Kier alpha value is -1.06. The lowest BCUT2D eigenvalue weighted by Crippen LogP contribution is -2.32. The summed E-state index contributed by atoms with van der Waals surface area (Å²) in [5, 5.41) is 3.20. The van der Waals surface area contributed by atoms with Crippen LogP contribution in [0.2, 0.25) is 0 Å². The third-order valence-corrected chi connectivity index (χ3v) is 4.29. The number of benzene rings is 1. The molecule has 3 nitrogen and oxygen atoms in total. The van der Waals surface area contributed by atoms with Gasteiger partial charge in [-0.15, -0.1) is 12.4 Å². The molecule has 1 aromatic carbocycles. The monoisotopic (exact) mass is 280 g/mol. The summed E-state index contributed by atoms with van der Waals surface area (Å²) in [6.07, 6.45) is 4.88. The van der Waals surface area contributed by atoms with E-state index in [4.69, 9.17) is 5.73 Å². The van der Waals surface area contributed by atoms with E-state index in [1.54, 1.807) is 0 Å². The fraction of sp³-hybridized carbons (Fsp3) is 0.533. The Morgan fingerprint density at radius 1 is 1.21 bits per heavy atom. The van der Waals surface area contributed by atoms with Crippen molar-refractivity contribution in [3.05, 3.63) is 35.4 Å². The molecule has 0 aromatic heterocycles. The van der Waals surface area contributed by atoms with E-state index in [0.29, 0.717) is 0 Å². The van der Waals surface area contributed by atoms with E-state index >= 15 is 0 Å². The fourth-order valence-corrected chi connectivity index (χ4v) is 3.25. The second-order valence-electron chi connectivity index (χ2n) is 5.57. The van der Waals surface area contributed by atoms with E-state index in [-0.39, 0.29) is 36.3 Å². The van der Waals surface area contributed by atoms with Crippen LogP contribution in [0.5, 0.6) is 0 Å². The smallest absolute Gasteiger partial charge is 0.223 e. The quantitative estimate of drug-likeness (QED) is 0.874. The van der Waals surface area contributed by atoms with Crippen LogP contribution in [0.15, 0.2) is 24.3 Å². The van der Waals surface area contributed by atoms with Gasteiger partial charge in [-0.2, -0.15) is 0 Å². The minimum atomic E-state index is 0. The van der Waals surface area contributed by atoms with Crippen molar-refractivity contribution in [1.29, 1.82) is 0 Å². The summed E-state index contributed by atoms with van der Waals surface area (Å²) >= 11 is 0. The van der Waals surface area contributed by atoms with Crippen molar-refractivity contribution in [3.63, 3.8) is 0 Å². The SMILES string of the molecule is Cl.NC1CCC(C(=O)NC2CCc3ccccc32)C1. The van der Waals surface area contributed by atoms with Gasteiger partial charge in [-0.1, -0.05) is 24.3 Å². The lowest BCUT2D eigenvalue weighted by atomic mass is 10.0. The highest BCUT2D eigenvalue weighted by molar-refractivity contribution is 5.85. The molecule has 19 heavy (non-hydrogen) atoms. The van der Waals surface area contributed by atoms with E-state index in [1.165, 1.54) is 11.1 Å². The molecule has 1 fully saturated rings. The first-order valence-corrected chi connectivity index (χ1v) is 6.88. The molecule has 2 aliphatic rings. The molecule has 0 bridgehead atoms. The highest BCUT2D eigenvalue weighted by Gasteiger charge is 2.30. The van der Waals surface area contributed by atoms with Gasteiger partial charge in [-0.05, 0) is 43.2 Å². The average Bonchev–Trinajstić information content (AvgIpc) is 2.97. The number of nitrogens with two attached hydrogens (primary N) is 1. The second kappa shape index (κ2) is 5.93. The predicted octanol–water partition coefficient (Wildman–Crippen LogP) is 2.34. The van der Waals surface area contributed by atoms with Gasteiger partial charge >= 0.3 is 0 Å². The van der Waals surface area contributed by atoms with Crippen molar-refractivity contribution < 1.29 is 4.79 Å².